The second-order valence-corrected chi connectivity index (χ2v) is 5.22. The molecule has 0 bridgehead atoms. The third-order valence-corrected chi connectivity index (χ3v) is 3.36. The Hall–Kier alpha value is -1.56. The summed E-state index contributed by atoms with van der Waals surface area (Å²) in [5, 5.41) is 8.97. The lowest BCUT2D eigenvalue weighted by Gasteiger charge is -2.26. The molecule has 5 nitrogen and oxygen atoms in total. The van der Waals surface area contributed by atoms with Crippen molar-refractivity contribution in [2.75, 3.05) is 18.0 Å². The van der Waals surface area contributed by atoms with Crippen molar-refractivity contribution < 1.29 is 14.7 Å². The van der Waals surface area contributed by atoms with Crippen molar-refractivity contribution in [2.45, 2.75) is 13.8 Å². The molecule has 1 aromatic rings. The van der Waals surface area contributed by atoms with E-state index in [4.69, 9.17) is 10.8 Å². The summed E-state index contributed by atoms with van der Waals surface area (Å²) in [7, 11) is 0. The van der Waals surface area contributed by atoms with Crippen LogP contribution in [0.4, 0.5) is 5.69 Å². The predicted molar refractivity (Wildman–Crippen MR) is 77.3 cm³/mol. The van der Waals surface area contributed by atoms with Crippen LogP contribution in [-0.4, -0.2) is 30.1 Å². The van der Waals surface area contributed by atoms with Crippen molar-refractivity contribution in [1.29, 1.82) is 0 Å². The molecule has 0 fully saturated rings. The Morgan fingerprint density at radius 1 is 1.47 bits per heavy atom. The Bertz CT molecular complexity index is 491. The first-order valence-corrected chi connectivity index (χ1v) is 6.73. The van der Waals surface area contributed by atoms with Crippen LogP contribution >= 0.6 is 15.9 Å². The first kappa shape index (κ1) is 15.5. The standard InChI is InChI=1S/C13H17BrN2O3/c1-3-16(7-8(2)13(18)19)11-5-4-9(14)6-10(11)12(15)17/h4-6,8H,3,7H2,1-2H3,(H2,15,17)(H,18,19). The summed E-state index contributed by atoms with van der Waals surface area (Å²) >= 11 is 3.29. The fourth-order valence-electron chi connectivity index (χ4n) is 1.79. The van der Waals surface area contributed by atoms with Crippen LogP contribution in [0.15, 0.2) is 22.7 Å². The molecule has 1 amide bonds. The molecule has 1 rings (SSSR count). The van der Waals surface area contributed by atoms with Gasteiger partial charge in [0.1, 0.15) is 0 Å². The summed E-state index contributed by atoms with van der Waals surface area (Å²) in [5.74, 6) is -1.92. The number of carbonyl (C=O) groups excluding carboxylic acids is 1. The largest absolute Gasteiger partial charge is 0.481 e. The van der Waals surface area contributed by atoms with E-state index in [1.54, 1.807) is 25.1 Å². The number of primary amides is 1. The lowest BCUT2D eigenvalue weighted by Crippen LogP contribution is -2.33. The van der Waals surface area contributed by atoms with Crippen LogP contribution in [0.5, 0.6) is 0 Å². The zero-order chi connectivity index (χ0) is 14.6. The van der Waals surface area contributed by atoms with E-state index in [-0.39, 0.29) is 0 Å². The molecule has 6 heteroatoms. The zero-order valence-corrected chi connectivity index (χ0v) is 12.5. The van der Waals surface area contributed by atoms with E-state index in [1.807, 2.05) is 11.8 Å². The maximum atomic E-state index is 11.5. The molecule has 3 N–H and O–H groups in total. The van der Waals surface area contributed by atoms with E-state index < -0.39 is 17.8 Å². The highest BCUT2D eigenvalue weighted by Gasteiger charge is 2.19. The Morgan fingerprint density at radius 2 is 2.11 bits per heavy atom. The second-order valence-electron chi connectivity index (χ2n) is 4.30. The molecule has 0 aliphatic carbocycles. The average molecular weight is 329 g/mol. The minimum atomic E-state index is -0.865. The van der Waals surface area contributed by atoms with Gasteiger partial charge in [0, 0.05) is 23.2 Å². The number of rotatable bonds is 6. The molecule has 104 valence electrons. The van der Waals surface area contributed by atoms with Gasteiger partial charge in [0.15, 0.2) is 0 Å². The smallest absolute Gasteiger partial charge is 0.308 e. The van der Waals surface area contributed by atoms with Crippen molar-refractivity contribution in [3.8, 4) is 0 Å². The quantitative estimate of drug-likeness (QED) is 0.837. The van der Waals surface area contributed by atoms with Crippen molar-refractivity contribution in [1.82, 2.24) is 0 Å². The first-order chi connectivity index (χ1) is 8.86. The number of aliphatic carboxylic acids is 1. The van der Waals surface area contributed by atoms with Crippen LogP contribution in [0.1, 0.15) is 24.2 Å². The monoisotopic (exact) mass is 328 g/mol. The van der Waals surface area contributed by atoms with Crippen LogP contribution in [-0.2, 0) is 4.79 Å². The third kappa shape index (κ3) is 3.96. The normalized spacial score (nSPS) is 11.9. The van der Waals surface area contributed by atoms with Crippen LogP contribution in [0.25, 0.3) is 0 Å². The number of hydrogen-bond donors (Lipinski definition) is 2. The molecule has 1 unspecified atom stereocenters. The Kier molecular flexibility index (Phi) is 5.35. The maximum absolute atomic E-state index is 11.5. The third-order valence-electron chi connectivity index (χ3n) is 2.86. The van der Waals surface area contributed by atoms with E-state index in [9.17, 15) is 9.59 Å². The fraction of sp³-hybridized carbons (Fsp3) is 0.385. The second kappa shape index (κ2) is 6.56. The Labute approximate surface area is 120 Å². The average Bonchev–Trinajstić information content (AvgIpc) is 2.35. The molecule has 0 aliphatic heterocycles. The van der Waals surface area contributed by atoms with Gasteiger partial charge in [-0.3, -0.25) is 9.59 Å². The summed E-state index contributed by atoms with van der Waals surface area (Å²) in [5.41, 5.74) is 6.41. The Morgan fingerprint density at radius 3 is 2.58 bits per heavy atom. The SMILES string of the molecule is CCN(CC(C)C(=O)O)c1ccc(Br)cc1C(N)=O. The first-order valence-electron chi connectivity index (χ1n) is 5.93. The number of amides is 1. The van der Waals surface area contributed by atoms with Crippen LogP contribution in [0, 0.1) is 5.92 Å². The minimum absolute atomic E-state index is 0.327. The van der Waals surface area contributed by atoms with Crippen LogP contribution in [0.3, 0.4) is 0 Å². The molecule has 0 radical (unpaired) electrons. The summed E-state index contributed by atoms with van der Waals surface area (Å²) in [4.78, 5) is 24.2. The van der Waals surface area contributed by atoms with Crippen molar-refractivity contribution in [3.05, 3.63) is 28.2 Å². The molecule has 0 spiro atoms. The summed E-state index contributed by atoms with van der Waals surface area (Å²) in [6, 6.07) is 5.21. The van der Waals surface area contributed by atoms with E-state index >= 15 is 0 Å². The van der Waals surface area contributed by atoms with Crippen molar-refractivity contribution in [3.63, 3.8) is 0 Å². The molecule has 0 aliphatic rings. The van der Waals surface area contributed by atoms with Gasteiger partial charge in [-0.05, 0) is 25.1 Å². The Balaban J connectivity index is 3.11. The number of hydrogen-bond acceptors (Lipinski definition) is 3. The lowest BCUT2D eigenvalue weighted by atomic mass is 10.1. The number of halogens is 1. The number of nitrogens with two attached hydrogens (primary N) is 1. The van der Waals surface area contributed by atoms with Gasteiger partial charge in [-0.1, -0.05) is 22.9 Å². The zero-order valence-electron chi connectivity index (χ0n) is 10.9. The summed E-state index contributed by atoms with van der Waals surface area (Å²) < 4.78 is 0.757. The molecule has 19 heavy (non-hydrogen) atoms. The number of nitrogens with zero attached hydrogens (tertiary/aromatic N) is 1. The lowest BCUT2D eigenvalue weighted by molar-refractivity contribution is -0.140. The van der Waals surface area contributed by atoms with Crippen LogP contribution < -0.4 is 10.6 Å². The molecule has 0 saturated heterocycles. The van der Waals surface area contributed by atoms with Gasteiger partial charge >= 0.3 is 5.97 Å². The van der Waals surface area contributed by atoms with E-state index in [2.05, 4.69) is 15.9 Å². The molecule has 1 atom stereocenters. The molecule has 0 heterocycles. The molecular weight excluding hydrogens is 312 g/mol. The number of anilines is 1. The van der Waals surface area contributed by atoms with E-state index in [0.29, 0.717) is 24.3 Å². The van der Waals surface area contributed by atoms with Gasteiger partial charge in [-0.15, -0.1) is 0 Å². The van der Waals surface area contributed by atoms with Gasteiger partial charge in [-0.2, -0.15) is 0 Å². The van der Waals surface area contributed by atoms with Crippen molar-refractivity contribution >= 4 is 33.5 Å². The topological polar surface area (TPSA) is 83.6 Å². The van der Waals surface area contributed by atoms with Gasteiger partial charge in [0.25, 0.3) is 5.91 Å². The van der Waals surface area contributed by atoms with E-state index in [0.717, 1.165) is 4.47 Å². The summed E-state index contributed by atoms with van der Waals surface area (Å²) in [6.07, 6.45) is 0. The number of carbonyl (C=O) groups is 2. The van der Waals surface area contributed by atoms with Gasteiger partial charge in [-0.25, -0.2) is 0 Å². The van der Waals surface area contributed by atoms with Gasteiger partial charge < -0.3 is 15.7 Å². The fourth-order valence-corrected chi connectivity index (χ4v) is 2.15. The molecule has 0 aromatic heterocycles. The van der Waals surface area contributed by atoms with Crippen molar-refractivity contribution in [2.24, 2.45) is 11.7 Å². The highest BCUT2D eigenvalue weighted by molar-refractivity contribution is 9.10. The number of benzene rings is 1. The van der Waals surface area contributed by atoms with E-state index in [1.165, 1.54) is 0 Å². The maximum Gasteiger partial charge on any atom is 0.308 e. The molecule has 0 saturated carbocycles. The van der Waals surface area contributed by atoms with Crippen LogP contribution in [0.2, 0.25) is 0 Å². The predicted octanol–water partition coefficient (Wildman–Crippen LogP) is 2.10. The van der Waals surface area contributed by atoms with Gasteiger partial charge in [0.05, 0.1) is 11.5 Å². The van der Waals surface area contributed by atoms with Gasteiger partial charge in [0.2, 0.25) is 0 Å². The summed E-state index contributed by atoms with van der Waals surface area (Å²) in [6.45, 7) is 4.46. The number of carboxylic acid groups (broad SMARTS) is 1. The highest BCUT2D eigenvalue weighted by Crippen LogP contribution is 2.25. The highest BCUT2D eigenvalue weighted by atomic mass is 79.9. The molecular formula is C13H17BrN2O3. The number of carboxylic acids is 1. The minimum Gasteiger partial charge on any atom is -0.481 e. The molecule has 1 aromatic carbocycles.